The fourth-order valence-electron chi connectivity index (χ4n) is 3.09. The maximum atomic E-state index is 14.3. The third-order valence-corrected chi connectivity index (χ3v) is 5.48. The molecule has 0 aliphatic heterocycles. The average molecular weight is 451 g/mol. The average Bonchev–Trinajstić information content (AvgIpc) is 2.76. The van der Waals surface area contributed by atoms with Crippen LogP contribution in [0.3, 0.4) is 0 Å². The van der Waals surface area contributed by atoms with E-state index < -0.39 is 11.7 Å². The number of hydrogen-bond acceptors (Lipinski definition) is 5. The van der Waals surface area contributed by atoms with Crippen LogP contribution < -0.4 is 10.1 Å². The van der Waals surface area contributed by atoms with Crippen molar-refractivity contribution in [1.29, 1.82) is 0 Å². The summed E-state index contributed by atoms with van der Waals surface area (Å²) in [5, 5.41) is 2.77. The Balaban J connectivity index is 2.19. The Labute approximate surface area is 187 Å². The summed E-state index contributed by atoms with van der Waals surface area (Å²) < 4.78 is 25.2. The molecule has 0 fully saturated rings. The minimum absolute atomic E-state index is 0.0196. The number of ether oxygens (including phenoxy) is 2. The van der Waals surface area contributed by atoms with Gasteiger partial charge in [0.2, 0.25) is 0 Å². The molecule has 0 spiro atoms. The third kappa shape index (κ3) is 6.50. The first-order valence-corrected chi connectivity index (χ1v) is 10.3. The van der Waals surface area contributed by atoms with E-state index in [9.17, 15) is 14.0 Å². The molecule has 2 rings (SSSR count). The van der Waals surface area contributed by atoms with Gasteiger partial charge in [-0.25, -0.2) is 4.39 Å². The molecular formula is C23H28ClFN2O4. The molecular weight excluding hydrogens is 423 g/mol. The van der Waals surface area contributed by atoms with Crippen LogP contribution in [0.5, 0.6) is 5.75 Å². The number of halogens is 2. The molecule has 0 heterocycles. The normalized spacial score (nSPS) is 10.9. The summed E-state index contributed by atoms with van der Waals surface area (Å²) in [6.07, 6.45) is 1.06. The molecule has 0 radical (unpaired) electrons. The van der Waals surface area contributed by atoms with Crippen LogP contribution in [-0.4, -0.2) is 64.6 Å². The quantitative estimate of drug-likeness (QED) is 0.531. The lowest BCUT2D eigenvalue weighted by molar-refractivity contribution is 0.0958. The van der Waals surface area contributed by atoms with Gasteiger partial charge in [-0.1, -0.05) is 17.7 Å². The molecule has 0 unspecified atom stereocenters. The van der Waals surface area contributed by atoms with E-state index in [4.69, 9.17) is 21.1 Å². The van der Waals surface area contributed by atoms with Crippen LogP contribution in [-0.2, 0) is 11.2 Å². The molecule has 1 N–H and O–H groups in total. The first-order chi connectivity index (χ1) is 14.8. The number of rotatable bonds is 11. The van der Waals surface area contributed by atoms with Gasteiger partial charge in [0.25, 0.3) is 5.91 Å². The zero-order valence-electron chi connectivity index (χ0n) is 18.3. The van der Waals surface area contributed by atoms with Gasteiger partial charge in [0.1, 0.15) is 18.2 Å². The van der Waals surface area contributed by atoms with E-state index in [2.05, 4.69) is 10.2 Å². The van der Waals surface area contributed by atoms with Crippen molar-refractivity contribution < 1.29 is 23.5 Å². The fraction of sp³-hybridized carbons (Fsp3) is 0.391. The number of amides is 1. The lowest BCUT2D eigenvalue weighted by Crippen LogP contribution is -2.27. The topological polar surface area (TPSA) is 67.9 Å². The number of likely N-dealkylation sites (N-methyl/N-ethyl adjacent to an activating group) is 1. The molecule has 2 aromatic carbocycles. The number of methoxy groups -OCH3 is 1. The number of benzene rings is 2. The monoisotopic (exact) mass is 450 g/mol. The van der Waals surface area contributed by atoms with Gasteiger partial charge in [-0.05, 0) is 55.3 Å². The minimum atomic E-state index is -0.603. The molecule has 31 heavy (non-hydrogen) atoms. The maximum absolute atomic E-state index is 14.3. The summed E-state index contributed by atoms with van der Waals surface area (Å²) in [4.78, 5) is 25.4. The molecule has 168 valence electrons. The highest BCUT2D eigenvalue weighted by molar-refractivity contribution is 6.33. The van der Waals surface area contributed by atoms with E-state index in [1.165, 1.54) is 19.2 Å². The molecule has 0 aromatic heterocycles. The van der Waals surface area contributed by atoms with Crippen molar-refractivity contribution in [3.05, 3.63) is 62.9 Å². The highest BCUT2D eigenvalue weighted by Crippen LogP contribution is 2.34. The molecule has 0 atom stereocenters. The zero-order valence-corrected chi connectivity index (χ0v) is 19.0. The van der Waals surface area contributed by atoms with Crippen molar-refractivity contribution in [3.63, 3.8) is 0 Å². The zero-order chi connectivity index (χ0) is 23.0. The number of hydrogen-bond donors (Lipinski definition) is 1. The standard InChI is InChI=1S/C23H28ClFN2O4/c1-15-17(11-16-5-6-19(20(25)12-16)23(29)26-2)13-18(14-28)22(21(15)24)31-10-8-27(3)7-9-30-4/h5-6,12-14H,7-11H2,1-4H3,(H,26,29). The van der Waals surface area contributed by atoms with Crippen LogP contribution >= 0.6 is 11.6 Å². The molecule has 6 nitrogen and oxygen atoms in total. The fourth-order valence-corrected chi connectivity index (χ4v) is 3.37. The Morgan fingerprint density at radius 1 is 1.26 bits per heavy atom. The summed E-state index contributed by atoms with van der Waals surface area (Å²) in [5.74, 6) is -0.742. The maximum Gasteiger partial charge on any atom is 0.253 e. The van der Waals surface area contributed by atoms with Gasteiger partial charge in [-0.2, -0.15) is 0 Å². The van der Waals surface area contributed by atoms with Crippen molar-refractivity contribution in [2.45, 2.75) is 13.3 Å². The molecule has 0 saturated carbocycles. The van der Waals surface area contributed by atoms with Crippen LogP contribution in [0, 0.1) is 12.7 Å². The Bertz CT molecular complexity index is 936. The molecule has 0 aliphatic rings. The smallest absolute Gasteiger partial charge is 0.253 e. The van der Waals surface area contributed by atoms with Gasteiger partial charge < -0.3 is 19.7 Å². The van der Waals surface area contributed by atoms with E-state index in [1.54, 1.807) is 19.2 Å². The van der Waals surface area contributed by atoms with Crippen molar-refractivity contribution >= 4 is 23.8 Å². The number of carbonyl (C=O) groups is 2. The van der Waals surface area contributed by atoms with Crippen molar-refractivity contribution in [2.75, 3.05) is 47.5 Å². The largest absolute Gasteiger partial charge is 0.490 e. The lowest BCUT2D eigenvalue weighted by Gasteiger charge is -2.19. The molecule has 0 bridgehead atoms. The molecule has 2 aromatic rings. The number of carbonyl (C=O) groups excluding carboxylic acids is 2. The highest BCUT2D eigenvalue weighted by Gasteiger charge is 2.17. The predicted octanol–water partition coefficient (Wildman–Crippen LogP) is 3.51. The Morgan fingerprint density at radius 3 is 2.58 bits per heavy atom. The summed E-state index contributed by atoms with van der Waals surface area (Å²) >= 11 is 6.52. The van der Waals surface area contributed by atoms with Gasteiger partial charge >= 0.3 is 0 Å². The van der Waals surface area contributed by atoms with Gasteiger partial charge in [-0.15, -0.1) is 0 Å². The Hall–Kier alpha value is -2.48. The summed E-state index contributed by atoms with van der Waals surface area (Å²) in [6, 6.07) is 6.15. The number of nitrogens with zero attached hydrogens (tertiary/aromatic N) is 1. The lowest BCUT2D eigenvalue weighted by atomic mass is 9.97. The molecule has 0 saturated heterocycles. The molecule has 1 amide bonds. The van der Waals surface area contributed by atoms with Crippen LogP contribution in [0.25, 0.3) is 0 Å². The molecule has 8 heteroatoms. The first-order valence-electron chi connectivity index (χ1n) is 9.90. The van der Waals surface area contributed by atoms with Gasteiger partial charge in [-0.3, -0.25) is 9.59 Å². The summed E-state index contributed by atoms with van der Waals surface area (Å²) in [6.45, 7) is 4.23. The van der Waals surface area contributed by atoms with E-state index in [1.807, 2.05) is 14.0 Å². The number of nitrogens with one attached hydrogen (secondary N) is 1. The van der Waals surface area contributed by atoms with Crippen LogP contribution in [0.15, 0.2) is 24.3 Å². The highest BCUT2D eigenvalue weighted by atomic mass is 35.5. The van der Waals surface area contributed by atoms with Crippen LogP contribution in [0.4, 0.5) is 4.39 Å². The van der Waals surface area contributed by atoms with Crippen molar-refractivity contribution in [3.8, 4) is 5.75 Å². The first kappa shape index (κ1) is 24.8. The van der Waals surface area contributed by atoms with Crippen molar-refractivity contribution in [1.82, 2.24) is 10.2 Å². The second kappa shape index (κ2) is 11.8. The third-order valence-electron chi connectivity index (χ3n) is 5.03. The van der Waals surface area contributed by atoms with Gasteiger partial charge in [0.15, 0.2) is 6.29 Å². The SMILES string of the molecule is CNC(=O)c1ccc(Cc2cc(C=O)c(OCCN(C)CCOC)c(Cl)c2C)cc1F. The van der Waals surface area contributed by atoms with Crippen molar-refractivity contribution in [2.24, 2.45) is 0 Å². The summed E-state index contributed by atoms with van der Waals surface area (Å²) in [5.41, 5.74) is 2.52. The minimum Gasteiger partial charge on any atom is -0.490 e. The van der Waals surface area contributed by atoms with Gasteiger partial charge in [0.05, 0.1) is 22.8 Å². The van der Waals surface area contributed by atoms with E-state index in [0.717, 1.165) is 17.7 Å². The van der Waals surface area contributed by atoms with E-state index in [-0.39, 0.29) is 5.56 Å². The van der Waals surface area contributed by atoms with Gasteiger partial charge in [0, 0.05) is 27.2 Å². The molecule has 0 aliphatic carbocycles. The van der Waals surface area contributed by atoms with E-state index >= 15 is 0 Å². The van der Waals surface area contributed by atoms with E-state index in [0.29, 0.717) is 54.4 Å². The Morgan fingerprint density at radius 2 is 1.97 bits per heavy atom. The predicted molar refractivity (Wildman–Crippen MR) is 119 cm³/mol. The summed E-state index contributed by atoms with van der Waals surface area (Å²) in [7, 11) is 5.05. The second-order valence-electron chi connectivity index (χ2n) is 7.23. The van der Waals surface area contributed by atoms with Crippen LogP contribution in [0.1, 0.15) is 37.4 Å². The Kier molecular flexibility index (Phi) is 9.43. The van der Waals surface area contributed by atoms with Crippen LogP contribution in [0.2, 0.25) is 5.02 Å². The number of aldehydes is 1. The second-order valence-corrected chi connectivity index (χ2v) is 7.60.